The maximum absolute atomic E-state index is 11.1. The molecule has 0 radical (unpaired) electrons. The minimum Gasteiger partial charge on any atom is -0.390 e. The van der Waals surface area contributed by atoms with Crippen molar-refractivity contribution < 1.29 is 9.90 Å². The monoisotopic (exact) mass is 268 g/mol. The summed E-state index contributed by atoms with van der Waals surface area (Å²) in [5.74, 6) is 0.403. The number of piperidine rings is 1. The minimum atomic E-state index is -0.792. The highest BCUT2D eigenvalue weighted by molar-refractivity contribution is 6.27. The van der Waals surface area contributed by atoms with E-state index in [2.05, 4.69) is 10.3 Å². The molecular formula is C13H24N4O2. The molecule has 0 aromatic carbocycles. The molecule has 0 aromatic heterocycles. The van der Waals surface area contributed by atoms with Crippen molar-refractivity contribution in [2.45, 2.75) is 31.8 Å². The first-order chi connectivity index (χ1) is 9.08. The second-order valence-electron chi connectivity index (χ2n) is 4.78. The van der Waals surface area contributed by atoms with Gasteiger partial charge in [-0.25, -0.2) is 4.99 Å². The van der Waals surface area contributed by atoms with Crippen LogP contribution in [0, 0.1) is 0 Å². The zero-order valence-electron chi connectivity index (χ0n) is 11.7. The van der Waals surface area contributed by atoms with Gasteiger partial charge in [-0.1, -0.05) is 6.92 Å². The average molecular weight is 268 g/mol. The van der Waals surface area contributed by atoms with Crippen LogP contribution in [0.15, 0.2) is 16.9 Å². The third kappa shape index (κ3) is 4.33. The third-order valence-corrected chi connectivity index (χ3v) is 3.56. The molecular weight excluding hydrogens is 244 g/mol. The highest BCUT2D eigenvalue weighted by Gasteiger charge is 2.31. The molecule has 0 aromatic rings. The molecule has 0 bridgehead atoms. The van der Waals surface area contributed by atoms with Crippen LogP contribution in [0.25, 0.3) is 0 Å². The van der Waals surface area contributed by atoms with Crippen molar-refractivity contribution in [1.29, 1.82) is 0 Å². The minimum absolute atomic E-state index is 0.258. The van der Waals surface area contributed by atoms with Crippen LogP contribution >= 0.6 is 0 Å². The molecule has 0 unspecified atom stereocenters. The standard InChI is InChI=1S/C13H24N4O2/c1-3-11(15-2)8-16-12(9-18)17-6-4-13(19,10-14)5-7-17/h8-9,15,19H,3-7,10,14H2,1-2H3/b11-8-,16-12?. The predicted octanol–water partition coefficient (Wildman–Crippen LogP) is -0.160. The lowest BCUT2D eigenvalue weighted by Crippen LogP contribution is -2.50. The van der Waals surface area contributed by atoms with Crippen molar-refractivity contribution in [1.82, 2.24) is 10.2 Å². The first-order valence-corrected chi connectivity index (χ1v) is 6.65. The van der Waals surface area contributed by atoms with E-state index in [0.29, 0.717) is 31.8 Å². The van der Waals surface area contributed by atoms with Crippen LogP contribution in [0.4, 0.5) is 0 Å². The number of carbonyl (C=O) groups excluding carboxylic acids is 1. The number of nitrogens with zero attached hydrogens (tertiary/aromatic N) is 2. The summed E-state index contributed by atoms with van der Waals surface area (Å²) in [7, 11) is 1.83. The van der Waals surface area contributed by atoms with Gasteiger partial charge in [0.25, 0.3) is 0 Å². The Labute approximate surface area is 114 Å². The summed E-state index contributed by atoms with van der Waals surface area (Å²) >= 11 is 0. The second kappa shape index (κ2) is 7.25. The van der Waals surface area contributed by atoms with Gasteiger partial charge in [-0.3, -0.25) is 4.79 Å². The van der Waals surface area contributed by atoms with Gasteiger partial charge in [-0.15, -0.1) is 0 Å². The molecule has 1 heterocycles. The fraction of sp³-hybridized carbons (Fsp3) is 0.692. The van der Waals surface area contributed by atoms with E-state index in [1.165, 1.54) is 0 Å². The Balaban J connectivity index is 2.70. The summed E-state index contributed by atoms with van der Waals surface area (Å²) in [6.07, 6.45) is 4.39. The molecule has 1 aliphatic rings. The van der Waals surface area contributed by atoms with Crippen molar-refractivity contribution in [3.63, 3.8) is 0 Å². The largest absolute Gasteiger partial charge is 0.390 e. The zero-order valence-corrected chi connectivity index (χ0v) is 11.7. The number of carbonyl (C=O) groups is 1. The van der Waals surface area contributed by atoms with Crippen molar-refractivity contribution in [3.05, 3.63) is 11.9 Å². The number of likely N-dealkylation sites (tertiary alicyclic amines) is 1. The summed E-state index contributed by atoms with van der Waals surface area (Å²) in [4.78, 5) is 17.2. The molecule has 0 amide bonds. The smallest absolute Gasteiger partial charge is 0.185 e. The van der Waals surface area contributed by atoms with E-state index in [-0.39, 0.29) is 6.54 Å². The SMILES string of the molecule is CC/C(=C/N=C(C=O)N1CCC(O)(CN)CC1)NC. The Morgan fingerprint density at radius 1 is 1.53 bits per heavy atom. The number of amidine groups is 1. The van der Waals surface area contributed by atoms with E-state index in [1.807, 2.05) is 18.9 Å². The van der Waals surface area contributed by atoms with Crippen LogP contribution in [0.5, 0.6) is 0 Å². The quantitative estimate of drug-likeness (QED) is 0.366. The topological polar surface area (TPSA) is 91.0 Å². The molecule has 1 fully saturated rings. The van der Waals surface area contributed by atoms with E-state index in [1.54, 1.807) is 6.20 Å². The third-order valence-electron chi connectivity index (χ3n) is 3.56. The maximum Gasteiger partial charge on any atom is 0.185 e. The zero-order chi connectivity index (χ0) is 14.3. The Bertz CT molecular complexity index is 352. The van der Waals surface area contributed by atoms with Gasteiger partial charge in [0.2, 0.25) is 0 Å². The number of aliphatic imine (C=N–C) groups is 1. The number of aliphatic hydroxyl groups is 1. The van der Waals surface area contributed by atoms with E-state index >= 15 is 0 Å². The van der Waals surface area contributed by atoms with E-state index < -0.39 is 5.60 Å². The molecule has 0 aliphatic carbocycles. The average Bonchev–Trinajstić information content (AvgIpc) is 2.45. The van der Waals surface area contributed by atoms with Crippen molar-refractivity contribution >= 4 is 12.1 Å². The molecule has 0 saturated carbocycles. The fourth-order valence-corrected chi connectivity index (χ4v) is 2.02. The summed E-state index contributed by atoms with van der Waals surface area (Å²) in [5, 5.41) is 13.1. The summed E-state index contributed by atoms with van der Waals surface area (Å²) in [6.45, 7) is 3.47. The number of hydrogen-bond acceptors (Lipinski definition) is 5. The molecule has 6 nitrogen and oxygen atoms in total. The maximum atomic E-state index is 11.1. The summed E-state index contributed by atoms with van der Waals surface area (Å²) in [5.41, 5.74) is 5.72. The van der Waals surface area contributed by atoms with Gasteiger partial charge in [-0.05, 0) is 19.3 Å². The number of nitrogens with one attached hydrogen (secondary N) is 1. The van der Waals surface area contributed by atoms with Crippen molar-refractivity contribution in [2.75, 3.05) is 26.7 Å². The van der Waals surface area contributed by atoms with Gasteiger partial charge in [0, 0.05) is 38.6 Å². The van der Waals surface area contributed by atoms with Crippen LogP contribution in [0.2, 0.25) is 0 Å². The van der Waals surface area contributed by atoms with Gasteiger partial charge >= 0.3 is 0 Å². The number of allylic oxidation sites excluding steroid dienone is 1. The molecule has 1 aliphatic heterocycles. The van der Waals surface area contributed by atoms with E-state index in [9.17, 15) is 9.90 Å². The highest BCUT2D eigenvalue weighted by atomic mass is 16.3. The van der Waals surface area contributed by atoms with Crippen LogP contribution < -0.4 is 11.1 Å². The number of rotatable bonds is 5. The number of hydrogen-bond donors (Lipinski definition) is 3. The van der Waals surface area contributed by atoms with Gasteiger partial charge in [0.05, 0.1) is 5.60 Å². The molecule has 19 heavy (non-hydrogen) atoms. The summed E-state index contributed by atoms with van der Waals surface area (Å²) < 4.78 is 0. The molecule has 6 heteroatoms. The van der Waals surface area contributed by atoms with Crippen LogP contribution in [0.3, 0.4) is 0 Å². The van der Waals surface area contributed by atoms with E-state index in [4.69, 9.17) is 5.73 Å². The fourth-order valence-electron chi connectivity index (χ4n) is 2.02. The van der Waals surface area contributed by atoms with Crippen molar-refractivity contribution in [2.24, 2.45) is 10.7 Å². The molecule has 0 spiro atoms. The van der Waals surface area contributed by atoms with Crippen LogP contribution in [0.1, 0.15) is 26.2 Å². The van der Waals surface area contributed by atoms with Gasteiger partial charge < -0.3 is 21.1 Å². The normalized spacial score (nSPS) is 20.3. The van der Waals surface area contributed by atoms with Crippen LogP contribution in [-0.4, -0.2) is 54.4 Å². The number of nitrogens with two attached hydrogens (primary N) is 1. The lowest BCUT2D eigenvalue weighted by molar-refractivity contribution is -0.103. The lowest BCUT2D eigenvalue weighted by atomic mass is 9.91. The Morgan fingerprint density at radius 3 is 2.58 bits per heavy atom. The van der Waals surface area contributed by atoms with Crippen LogP contribution in [-0.2, 0) is 4.79 Å². The Morgan fingerprint density at radius 2 is 2.16 bits per heavy atom. The molecule has 0 atom stereocenters. The summed E-state index contributed by atoms with van der Waals surface area (Å²) in [6, 6.07) is 0. The van der Waals surface area contributed by atoms with Gasteiger partial charge in [-0.2, -0.15) is 0 Å². The first-order valence-electron chi connectivity index (χ1n) is 6.65. The second-order valence-corrected chi connectivity index (χ2v) is 4.78. The highest BCUT2D eigenvalue weighted by Crippen LogP contribution is 2.20. The van der Waals surface area contributed by atoms with Gasteiger partial charge in [0.15, 0.2) is 12.1 Å². The lowest BCUT2D eigenvalue weighted by Gasteiger charge is -2.37. The first kappa shape index (κ1) is 15.7. The van der Waals surface area contributed by atoms with Gasteiger partial charge in [0.1, 0.15) is 0 Å². The molecule has 108 valence electrons. The van der Waals surface area contributed by atoms with E-state index in [0.717, 1.165) is 18.4 Å². The van der Waals surface area contributed by atoms with Crippen molar-refractivity contribution in [3.8, 4) is 0 Å². The molecule has 4 N–H and O–H groups in total. The predicted molar refractivity (Wildman–Crippen MR) is 75.7 cm³/mol. The Hall–Kier alpha value is -1.40. The Kier molecular flexibility index (Phi) is 5.98. The molecule has 1 rings (SSSR count). The molecule has 1 saturated heterocycles. The number of aldehydes is 1.